The Hall–Kier alpha value is -0.980. The number of hydrogen-bond donors (Lipinski definition) is 0. The largest absolute Gasteiger partial charge is 0.486 e. The van der Waals surface area contributed by atoms with E-state index in [0.29, 0.717) is 0 Å². The minimum Gasteiger partial charge on any atom is -0.486 e. The molecule has 0 bridgehead atoms. The second kappa shape index (κ2) is 4.36. The summed E-state index contributed by atoms with van der Waals surface area (Å²) in [4.78, 5) is 10.9. The van der Waals surface area contributed by atoms with Gasteiger partial charge in [0.25, 0.3) is 14.3 Å². The predicted molar refractivity (Wildman–Crippen MR) is 60.7 cm³/mol. The fraction of sp³-hybridized carbons (Fsp3) is 0.222. The third kappa shape index (κ3) is 2.48. The van der Waals surface area contributed by atoms with Gasteiger partial charge in [0.1, 0.15) is 13.2 Å². The van der Waals surface area contributed by atoms with Crippen molar-refractivity contribution in [2.24, 2.45) is 0 Å². The Morgan fingerprint density at radius 2 is 1.88 bits per heavy atom. The van der Waals surface area contributed by atoms with Crippen LogP contribution in [0.1, 0.15) is 10.4 Å². The van der Waals surface area contributed by atoms with Gasteiger partial charge in [0, 0.05) is 16.7 Å². The van der Waals surface area contributed by atoms with E-state index in [1.165, 1.54) is 6.07 Å². The van der Waals surface area contributed by atoms with Gasteiger partial charge in [-0.05, 0) is 17.7 Å². The monoisotopic (exact) mass is 296 g/mol. The first kappa shape index (κ1) is 12.5. The molecule has 0 amide bonds. The maximum atomic E-state index is 11.2. The molecule has 1 heterocycles. The van der Waals surface area contributed by atoms with Gasteiger partial charge >= 0.3 is 0 Å². The smallest absolute Gasteiger partial charge is 0.261 e. The van der Waals surface area contributed by atoms with E-state index in [1.807, 2.05) is 0 Å². The zero-order chi connectivity index (χ0) is 12.6. The normalized spacial score (nSPS) is 14.5. The quantitative estimate of drug-likeness (QED) is 0.778. The van der Waals surface area contributed by atoms with Crippen LogP contribution in [0.5, 0.6) is 11.5 Å². The van der Waals surface area contributed by atoms with Crippen molar-refractivity contribution in [3.63, 3.8) is 0 Å². The highest BCUT2D eigenvalue weighted by Gasteiger charge is 2.24. The number of halogens is 2. The van der Waals surface area contributed by atoms with Crippen molar-refractivity contribution in [3.8, 4) is 11.5 Å². The number of carbonyl (C=O) groups is 1. The summed E-state index contributed by atoms with van der Waals surface area (Å²) in [6.45, 7) is 0.520. The Morgan fingerprint density at radius 1 is 1.24 bits per heavy atom. The molecule has 0 N–H and O–H groups in total. The van der Waals surface area contributed by atoms with Crippen LogP contribution in [-0.4, -0.2) is 26.9 Å². The lowest BCUT2D eigenvalue weighted by atomic mass is 10.2. The van der Waals surface area contributed by atoms with Gasteiger partial charge in [-0.2, -0.15) is 0 Å². The van der Waals surface area contributed by atoms with Crippen LogP contribution in [-0.2, 0) is 9.05 Å². The minimum atomic E-state index is -3.97. The van der Waals surface area contributed by atoms with Crippen molar-refractivity contribution in [2.75, 3.05) is 13.2 Å². The molecule has 1 aliphatic heterocycles. The molecule has 0 atom stereocenters. The lowest BCUT2D eigenvalue weighted by molar-refractivity contribution is 0.106. The lowest BCUT2D eigenvalue weighted by Crippen LogP contribution is -2.17. The van der Waals surface area contributed by atoms with E-state index < -0.39 is 14.3 Å². The fourth-order valence-corrected chi connectivity index (χ4v) is 2.33. The van der Waals surface area contributed by atoms with Crippen LogP contribution in [0, 0.1) is 0 Å². The molecular formula is C9H6Cl2O5S. The summed E-state index contributed by atoms with van der Waals surface area (Å²) in [5.41, 5.74) is -0.0805. The Kier molecular flexibility index (Phi) is 3.20. The van der Waals surface area contributed by atoms with Crippen LogP contribution in [0.3, 0.4) is 0 Å². The molecular weight excluding hydrogens is 291 g/mol. The average molecular weight is 297 g/mol. The van der Waals surface area contributed by atoms with Crippen LogP contribution < -0.4 is 9.47 Å². The fourth-order valence-electron chi connectivity index (χ4n) is 1.42. The van der Waals surface area contributed by atoms with Crippen molar-refractivity contribution < 1.29 is 22.7 Å². The second-order valence-corrected chi connectivity index (χ2v) is 6.12. The highest BCUT2D eigenvalue weighted by atomic mass is 35.7. The first-order valence-corrected chi connectivity index (χ1v) is 7.16. The second-order valence-electron chi connectivity index (χ2n) is 3.21. The number of benzene rings is 1. The van der Waals surface area contributed by atoms with E-state index >= 15 is 0 Å². The highest BCUT2D eigenvalue weighted by molar-refractivity contribution is 8.13. The molecule has 0 saturated carbocycles. The van der Waals surface area contributed by atoms with Crippen LogP contribution in [0.25, 0.3) is 0 Å². The van der Waals surface area contributed by atoms with Gasteiger partial charge in [-0.15, -0.1) is 0 Å². The van der Waals surface area contributed by atoms with E-state index in [2.05, 4.69) is 0 Å². The van der Waals surface area contributed by atoms with Crippen molar-refractivity contribution in [1.29, 1.82) is 0 Å². The SMILES string of the molecule is O=C(Cl)c1cc(S(=O)(=O)Cl)cc2c1OCCO2. The minimum absolute atomic E-state index is 0.0805. The highest BCUT2D eigenvalue weighted by Crippen LogP contribution is 2.37. The number of carbonyl (C=O) groups excluding carboxylic acids is 1. The molecule has 1 aromatic rings. The van der Waals surface area contributed by atoms with E-state index in [-0.39, 0.29) is 35.2 Å². The molecule has 2 rings (SSSR count). The molecule has 92 valence electrons. The molecule has 0 fully saturated rings. The molecule has 0 spiro atoms. The Labute approximate surface area is 107 Å². The van der Waals surface area contributed by atoms with Crippen molar-refractivity contribution in [2.45, 2.75) is 4.90 Å². The Bertz CT molecular complexity index is 581. The van der Waals surface area contributed by atoms with Crippen LogP contribution in [0.2, 0.25) is 0 Å². The molecule has 1 aromatic carbocycles. The molecule has 0 unspecified atom stereocenters. The topological polar surface area (TPSA) is 69.7 Å². The van der Waals surface area contributed by atoms with Gasteiger partial charge in [-0.1, -0.05) is 0 Å². The van der Waals surface area contributed by atoms with Gasteiger partial charge in [0.05, 0.1) is 10.5 Å². The predicted octanol–water partition coefficient (Wildman–Crippen LogP) is 1.76. The molecule has 0 aromatic heterocycles. The first-order valence-electron chi connectivity index (χ1n) is 4.48. The molecule has 1 aliphatic rings. The maximum Gasteiger partial charge on any atom is 0.261 e. The van der Waals surface area contributed by atoms with Crippen molar-refractivity contribution in [3.05, 3.63) is 17.7 Å². The molecule has 5 nitrogen and oxygen atoms in total. The molecule has 0 radical (unpaired) electrons. The Balaban J connectivity index is 2.69. The molecule has 0 aliphatic carbocycles. The number of rotatable bonds is 2. The van der Waals surface area contributed by atoms with Gasteiger partial charge in [0.2, 0.25) is 0 Å². The summed E-state index contributed by atoms with van der Waals surface area (Å²) in [6.07, 6.45) is 0. The third-order valence-electron chi connectivity index (χ3n) is 2.11. The number of ether oxygens (including phenoxy) is 2. The molecule has 0 saturated heterocycles. The molecule has 17 heavy (non-hydrogen) atoms. The zero-order valence-corrected chi connectivity index (χ0v) is 10.6. The van der Waals surface area contributed by atoms with E-state index in [4.69, 9.17) is 31.8 Å². The number of fused-ring (bicyclic) bond motifs is 1. The summed E-state index contributed by atoms with van der Waals surface area (Å²) >= 11 is 5.35. The van der Waals surface area contributed by atoms with Crippen LogP contribution in [0.4, 0.5) is 0 Å². The van der Waals surface area contributed by atoms with Gasteiger partial charge in [-0.25, -0.2) is 8.42 Å². The van der Waals surface area contributed by atoms with Gasteiger partial charge < -0.3 is 9.47 Å². The Morgan fingerprint density at radius 3 is 2.47 bits per heavy atom. The van der Waals surface area contributed by atoms with E-state index in [0.717, 1.165) is 6.07 Å². The van der Waals surface area contributed by atoms with E-state index in [9.17, 15) is 13.2 Å². The standard InChI is InChI=1S/C9H6Cl2O5S/c10-9(12)6-3-5(17(11,13)14)4-7-8(6)16-2-1-15-7/h3-4H,1-2H2. The van der Waals surface area contributed by atoms with Gasteiger partial charge in [-0.3, -0.25) is 4.79 Å². The summed E-state index contributed by atoms with van der Waals surface area (Å²) < 4.78 is 32.8. The third-order valence-corrected chi connectivity index (χ3v) is 3.65. The van der Waals surface area contributed by atoms with Crippen molar-refractivity contribution >= 4 is 36.6 Å². The van der Waals surface area contributed by atoms with Gasteiger partial charge in [0.15, 0.2) is 11.5 Å². The molecule has 8 heteroatoms. The lowest BCUT2D eigenvalue weighted by Gasteiger charge is -2.20. The van der Waals surface area contributed by atoms with Crippen LogP contribution >= 0.6 is 22.3 Å². The van der Waals surface area contributed by atoms with Crippen molar-refractivity contribution in [1.82, 2.24) is 0 Å². The van der Waals surface area contributed by atoms with E-state index in [1.54, 1.807) is 0 Å². The number of hydrogen-bond acceptors (Lipinski definition) is 5. The average Bonchev–Trinajstić information content (AvgIpc) is 2.26. The van der Waals surface area contributed by atoms with Crippen LogP contribution in [0.15, 0.2) is 17.0 Å². The summed E-state index contributed by atoms with van der Waals surface area (Å²) in [6, 6.07) is 2.26. The summed E-state index contributed by atoms with van der Waals surface area (Å²) in [5, 5.41) is -0.839. The summed E-state index contributed by atoms with van der Waals surface area (Å²) in [5.74, 6) is 0.280. The first-order chi connectivity index (χ1) is 7.89. The summed E-state index contributed by atoms with van der Waals surface area (Å²) in [7, 11) is 1.23. The maximum absolute atomic E-state index is 11.2. The zero-order valence-electron chi connectivity index (χ0n) is 8.27.